The van der Waals surface area contributed by atoms with E-state index in [1.165, 1.54) is 0 Å². The van der Waals surface area contributed by atoms with Crippen molar-refractivity contribution < 1.29 is 17.9 Å². The van der Waals surface area contributed by atoms with Crippen LogP contribution in [0, 0.1) is 6.92 Å². The van der Waals surface area contributed by atoms with Gasteiger partial charge in [0.25, 0.3) is 0 Å². The van der Waals surface area contributed by atoms with E-state index in [9.17, 15) is 13.2 Å². The van der Waals surface area contributed by atoms with Crippen molar-refractivity contribution in [2.24, 2.45) is 0 Å². The van der Waals surface area contributed by atoms with E-state index in [0.717, 1.165) is 11.3 Å². The third-order valence-electron chi connectivity index (χ3n) is 4.62. The Hall–Kier alpha value is -3.32. The van der Waals surface area contributed by atoms with Crippen molar-refractivity contribution in [2.45, 2.75) is 23.3 Å². The van der Waals surface area contributed by atoms with Gasteiger partial charge in [-0.3, -0.25) is 4.79 Å². The van der Waals surface area contributed by atoms with Crippen molar-refractivity contribution in [3.05, 3.63) is 83.9 Å². The van der Waals surface area contributed by atoms with E-state index in [0.29, 0.717) is 17.8 Å². The number of benzene rings is 3. The summed E-state index contributed by atoms with van der Waals surface area (Å²) in [7, 11) is -2.12. The Bertz CT molecular complexity index is 1110. The molecule has 0 aromatic heterocycles. The van der Waals surface area contributed by atoms with Crippen LogP contribution in [0.2, 0.25) is 0 Å². The Morgan fingerprint density at radius 2 is 1.63 bits per heavy atom. The van der Waals surface area contributed by atoms with Crippen LogP contribution in [-0.2, 0) is 21.2 Å². The normalized spacial score (nSPS) is 11.0. The van der Waals surface area contributed by atoms with Crippen molar-refractivity contribution in [3.8, 4) is 5.75 Å². The lowest BCUT2D eigenvalue weighted by Crippen LogP contribution is -2.29. The second-order valence-electron chi connectivity index (χ2n) is 6.75. The maximum atomic E-state index is 13.1. The minimum atomic E-state index is -3.72. The highest BCUT2D eigenvalue weighted by molar-refractivity contribution is 7.91. The Morgan fingerprint density at radius 3 is 2.30 bits per heavy atom. The molecule has 0 saturated heterocycles. The average Bonchev–Trinajstić information content (AvgIpc) is 2.77. The van der Waals surface area contributed by atoms with Crippen LogP contribution in [0.4, 0.5) is 5.69 Å². The van der Waals surface area contributed by atoms with Crippen molar-refractivity contribution in [1.29, 1.82) is 0 Å². The summed E-state index contributed by atoms with van der Waals surface area (Å²) in [5.74, 6) is 0.508. The fourth-order valence-electron chi connectivity index (χ4n) is 3.05. The molecule has 0 saturated carbocycles. The van der Waals surface area contributed by atoms with Crippen LogP contribution in [0.25, 0.3) is 0 Å². The number of nitrogens with one attached hydrogen (secondary N) is 2. The molecule has 0 fully saturated rings. The molecular weight excluding hydrogens is 400 g/mol. The molecule has 0 atom stereocenters. The van der Waals surface area contributed by atoms with Gasteiger partial charge >= 0.3 is 0 Å². The Balaban J connectivity index is 1.70. The highest BCUT2D eigenvalue weighted by Crippen LogP contribution is 2.30. The molecule has 3 aromatic rings. The van der Waals surface area contributed by atoms with Gasteiger partial charge in [0.2, 0.25) is 15.7 Å². The Kier molecular flexibility index (Phi) is 6.74. The van der Waals surface area contributed by atoms with Crippen LogP contribution >= 0.6 is 0 Å². The van der Waals surface area contributed by atoms with Gasteiger partial charge in [-0.1, -0.05) is 42.5 Å². The van der Waals surface area contributed by atoms with E-state index >= 15 is 0 Å². The number of carbonyl (C=O) groups is 1. The lowest BCUT2D eigenvalue weighted by Gasteiger charge is -2.15. The molecule has 6 nitrogen and oxygen atoms in total. The number of anilines is 1. The van der Waals surface area contributed by atoms with Gasteiger partial charge in [0, 0.05) is 6.54 Å². The highest BCUT2D eigenvalue weighted by Gasteiger charge is 2.23. The van der Waals surface area contributed by atoms with E-state index in [1.807, 2.05) is 24.3 Å². The molecule has 0 aliphatic heterocycles. The fraction of sp³-hybridized carbons (Fsp3) is 0.174. The second-order valence-corrected chi connectivity index (χ2v) is 8.63. The number of carbonyl (C=O) groups excluding carboxylic acids is 1. The van der Waals surface area contributed by atoms with Crippen LogP contribution in [0.1, 0.15) is 11.1 Å². The second kappa shape index (κ2) is 9.45. The zero-order chi connectivity index (χ0) is 21.6. The first-order valence-electron chi connectivity index (χ1n) is 9.45. The van der Waals surface area contributed by atoms with Crippen molar-refractivity contribution in [1.82, 2.24) is 5.32 Å². The summed E-state index contributed by atoms with van der Waals surface area (Å²) >= 11 is 0. The molecule has 0 aliphatic rings. The third-order valence-corrected chi connectivity index (χ3v) is 6.59. The number of amides is 1. The molecule has 156 valence electrons. The maximum Gasteiger partial charge on any atom is 0.239 e. The van der Waals surface area contributed by atoms with Gasteiger partial charge in [0.05, 0.1) is 29.1 Å². The van der Waals surface area contributed by atoms with Gasteiger partial charge in [-0.2, -0.15) is 0 Å². The van der Waals surface area contributed by atoms with Gasteiger partial charge in [-0.05, 0) is 48.4 Å². The van der Waals surface area contributed by atoms with Crippen molar-refractivity contribution in [3.63, 3.8) is 0 Å². The van der Waals surface area contributed by atoms with Gasteiger partial charge in [-0.15, -0.1) is 0 Å². The van der Waals surface area contributed by atoms with Crippen LogP contribution in [0.5, 0.6) is 5.75 Å². The molecule has 0 heterocycles. The van der Waals surface area contributed by atoms with Gasteiger partial charge in [-0.25, -0.2) is 8.42 Å². The summed E-state index contributed by atoms with van der Waals surface area (Å²) in [5, 5.41) is 5.79. The number of aryl methyl sites for hydroxylation is 1. The molecule has 3 aromatic carbocycles. The Labute approximate surface area is 176 Å². The first-order valence-corrected chi connectivity index (χ1v) is 10.9. The van der Waals surface area contributed by atoms with E-state index in [-0.39, 0.29) is 22.2 Å². The number of ether oxygens (including phenoxy) is 1. The maximum absolute atomic E-state index is 13.1. The molecule has 0 aliphatic carbocycles. The molecule has 1 amide bonds. The van der Waals surface area contributed by atoms with Gasteiger partial charge < -0.3 is 15.4 Å². The van der Waals surface area contributed by atoms with E-state index in [4.69, 9.17) is 4.74 Å². The van der Waals surface area contributed by atoms with Gasteiger partial charge in [0.1, 0.15) is 5.75 Å². The predicted octanol–water partition coefficient (Wildman–Crippen LogP) is 3.56. The molecule has 0 radical (unpaired) electrons. The zero-order valence-electron chi connectivity index (χ0n) is 16.9. The SMILES string of the molecule is COc1ccc(CNC(=O)CNc2cccc(C)c2S(=O)(=O)c2ccccc2)cc1. The molecule has 2 N–H and O–H groups in total. The standard InChI is InChI=1S/C23H24N2O4S/c1-17-7-6-10-21(23(17)30(27,28)20-8-4-3-5-9-20)24-16-22(26)25-15-18-11-13-19(29-2)14-12-18/h3-14,24H,15-16H2,1-2H3,(H,25,26). The van der Waals surface area contributed by atoms with Gasteiger partial charge in [0.15, 0.2) is 0 Å². The molecule has 7 heteroatoms. The quantitative estimate of drug-likeness (QED) is 0.578. The van der Waals surface area contributed by atoms with Crippen molar-refractivity contribution in [2.75, 3.05) is 19.0 Å². The van der Waals surface area contributed by atoms with E-state index in [1.54, 1.807) is 62.6 Å². The largest absolute Gasteiger partial charge is 0.497 e. The first-order chi connectivity index (χ1) is 14.4. The molecule has 3 rings (SSSR count). The Morgan fingerprint density at radius 1 is 0.933 bits per heavy atom. The molecule has 0 bridgehead atoms. The third kappa shape index (κ3) is 4.99. The van der Waals surface area contributed by atoms with Crippen LogP contribution in [-0.4, -0.2) is 28.0 Å². The smallest absolute Gasteiger partial charge is 0.239 e. The molecular formula is C23H24N2O4S. The van der Waals surface area contributed by atoms with Crippen molar-refractivity contribution >= 4 is 21.4 Å². The molecule has 0 spiro atoms. The summed E-state index contributed by atoms with van der Waals surface area (Å²) in [6.45, 7) is 2.06. The summed E-state index contributed by atoms with van der Waals surface area (Å²) in [4.78, 5) is 12.7. The van der Waals surface area contributed by atoms with E-state index < -0.39 is 9.84 Å². The number of rotatable bonds is 8. The average molecular weight is 425 g/mol. The number of hydrogen-bond acceptors (Lipinski definition) is 5. The lowest BCUT2D eigenvalue weighted by molar-refractivity contribution is -0.119. The highest BCUT2D eigenvalue weighted by atomic mass is 32.2. The lowest BCUT2D eigenvalue weighted by atomic mass is 10.2. The topological polar surface area (TPSA) is 84.5 Å². The minimum Gasteiger partial charge on any atom is -0.497 e. The van der Waals surface area contributed by atoms with Crippen LogP contribution in [0.3, 0.4) is 0 Å². The van der Waals surface area contributed by atoms with E-state index in [2.05, 4.69) is 10.6 Å². The summed E-state index contributed by atoms with van der Waals surface area (Å²) in [6, 6.07) is 20.8. The number of methoxy groups -OCH3 is 1. The minimum absolute atomic E-state index is 0.0447. The number of hydrogen-bond donors (Lipinski definition) is 2. The first kappa shape index (κ1) is 21.4. The zero-order valence-corrected chi connectivity index (χ0v) is 17.7. The predicted molar refractivity (Wildman–Crippen MR) is 116 cm³/mol. The van der Waals surface area contributed by atoms with Crippen LogP contribution < -0.4 is 15.4 Å². The molecule has 0 unspecified atom stereocenters. The monoisotopic (exact) mass is 424 g/mol. The summed E-state index contributed by atoms with van der Waals surface area (Å²) in [5.41, 5.74) is 1.95. The summed E-state index contributed by atoms with van der Waals surface area (Å²) in [6.07, 6.45) is 0. The summed E-state index contributed by atoms with van der Waals surface area (Å²) < 4.78 is 31.4. The molecule has 30 heavy (non-hydrogen) atoms. The fourth-order valence-corrected chi connectivity index (χ4v) is 4.72. The van der Waals surface area contributed by atoms with Crippen LogP contribution in [0.15, 0.2) is 82.6 Å². The number of sulfone groups is 1.